The van der Waals surface area contributed by atoms with Crippen molar-refractivity contribution in [2.75, 3.05) is 6.61 Å². The maximum absolute atomic E-state index is 6.54. The molecule has 0 amide bonds. The monoisotopic (exact) mass is 440 g/mol. The first kappa shape index (κ1) is 24.9. The molecule has 1 aliphatic carbocycles. The van der Waals surface area contributed by atoms with Gasteiger partial charge in [-0.05, 0) is 54.6 Å². The molecule has 30 heavy (non-hydrogen) atoms. The van der Waals surface area contributed by atoms with Gasteiger partial charge in [-0.2, -0.15) is 0 Å². The van der Waals surface area contributed by atoms with Crippen LogP contribution in [0.15, 0.2) is 46.7 Å². The van der Waals surface area contributed by atoms with E-state index in [4.69, 9.17) is 4.74 Å². The van der Waals surface area contributed by atoms with Crippen LogP contribution in [0.3, 0.4) is 0 Å². The highest BCUT2D eigenvalue weighted by Gasteiger charge is 2.44. The predicted molar refractivity (Wildman–Crippen MR) is 141 cm³/mol. The number of aryl methyl sites for hydroxylation is 1. The molecule has 0 spiro atoms. The van der Waals surface area contributed by atoms with E-state index in [1.165, 1.54) is 38.4 Å². The first-order valence-corrected chi connectivity index (χ1v) is 17.4. The molecule has 1 atom stereocenters. The number of hydrogen-bond acceptors (Lipinski definition) is 1. The van der Waals surface area contributed by atoms with Gasteiger partial charge in [-0.25, -0.2) is 0 Å². The van der Waals surface area contributed by atoms with Crippen LogP contribution in [0.5, 0.6) is 5.75 Å². The van der Waals surface area contributed by atoms with E-state index >= 15 is 0 Å². The van der Waals surface area contributed by atoms with Crippen LogP contribution in [-0.2, 0) is 0 Å². The Morgan fingerprint density at radius 2 is 1.50 bits per heavy atom. The number of ether oxygens (including phenoxy) is 1. The van der Waals surface area contributed by atoms with Gasteiger partial charge in [0.2, 0.25) is 0 Å². The second-order valence-corrected chi connectivity index (χ2v) is 21.0. The Balaban J connectivity index is 2.85. The smallest absolute Gasteiger partial charge is 0.118 e. The lowest BCUT2D eigenvalue weighted by Gasteiger charge is -2.40. The van der Waals surface area contributed by atoms with Gasteiger partial charge in [0.1, 0.15) is 20.4 Å². The Labute approximate surface area is 188 Å². The molecule has 0 aliphatic heterocycles. The molecule has 3 heteroatoms. The van der Waals surface area contributed by atoms with E-state index in [1.54, 1.807) is 5.20 Å². The Morgan fingerprint density at radius 1 is 0.967 bits per heavy atom. The molecule has 0 bridgehead atoms. The van der Waals surface area contributed by atoms with Gasteiger partial charge in [0.25, 0.3) is 0 Å². The van der Waals surface area contributed by atoms with Crippen LogP contribution < -0.4 is 15.1 Å². The number of allylic oxidation sites excluding steroid dienone is 4. The average molecular weight is 441 g/mol. The molecule has 0 heterocycles. The van der Waals surface area contributed by atoms with Crippen molar-refractivity contribution in [3.63, 3.8) is 0 Å². The first-order chi connectivity index (χ1) is 13.6. The fraction of sp³-hybridized carbons (Fsp3) is 0.556. The predicted octanol–water partition coefficient (Wildman–Crippen LogP) is 7.03. The van der Waals surface area contributed by atoms with Gasteiger partial charge >= 0.3 is 0 Å². The third-order valence-electron chi connectivity index (χ3n) is 8.11. The summed E-state index contributed by atoms with van der Waals surface area (Å²) >= 11 is 0. The van der Waals surface area contributed by atoms with Crippen molar-refractivity contribution in [2.24, 2.45) is 5.92 Å². The minimum atomic E-state index is -1.95. The Bertz CT molecular complexity index is 908. The molecule has 1 aromatic rings. The summed E-state index contributed by atoms with van der Waals surface area (Å²) in [4.78, 5) is 0. The molecule has 2 rings (SSSR count). The zero-order valence-corrected chi connectivity index (χ0v) is 23.6. The molecule has 1 unspecified atom stereocenters. The largest absolute Gasteiger partial charge is 0.490 e. The maximum Gasteiger partial charge on any atom is 0.118 e. The fourth-order valence-electron chi connectivity index (χ4n) is 4.92. The van der Waals surface area contributed by atoms with Gasteiger partial charge in [0, 0.05) is 0 Å². The molecule has 0 saturated carbocycles. The molecule has 1 aromatic carbocycles. The molecule has 0 radical (unpaired) electrons. The average Bonchev–Trinajstić information content (AvgIpc) is 2.82. The molecule has 1 nitrogen and oxygen atoms in total. The van der Waals surface area contributed by atoms with Gasteiger partial charge in [-0.1, -0.05) is 101 Å². The van der Waals surface area contributed by atoms with Crippen LogP contribution in [0, 0.1) is 12.8 Å². The van der Waals surface area contributed by atoms with Gasteiger partial charge in [-0.15, -0.1) is 0 Å². The molecule has 0 saturated heterocycles. The van der Waals surface area contributed by atoms with Gasteiger partial charge in [-0.3, -0.25) is 0 Å². The molecule has 1 aliphatic rings. The highest BCUT2D eigenvalue weighted by molar-refractivity contribution is 6.98. The highest BCUT2D eigenvalue weighted by atomic mass is 28.3. The second kappa shape index (κ2) is 8.31. The minimum Gasteiger partial charge on any atom is -0.490 e. The zero-order valence-electron chi connectivity index (χ0n) is 21.6. The van der Waals surface area contributed by atoms with Crippen LogP contribution in [0.1, 0.15) is 54.0 Å². The van der Waals surface area contributed by atoms with Crippen LogP contribution >= 0.6 is 0 Å². The normalized spacial score (nSPS) is 18.3. The lowest BCUT2D eigenvalue weighted by atomic mass is 10.1. The Hall–Kier alpha value is -1.33. The van der Waals surface area contributed by atoms with Crippen molar-refractivity contribution < 1.29 is 4.74 Å². The Kier molecular flexibility index (Phi) is 6.91. The topological polar surface area (TPSA) is 9.23 Å². The van der Waals surface area contributed by atoms with E-state index in [0.29, 0.717) is 12.5 Å². The third-order valence-corrected chi connectivity index (χ3v) is 17.5. The van der Waals surface area contributed by atoms with Gasteiger partial charge < -0.3 is 4.74 Å². The summed E-state index contributed by atoms with van der Waals surface area (Å²) in [5.74, 6) is 1.69. The number of hydrogen-bond donors (Lipinski definition) is 0. The molecule has 0 aromatic heterocycles. The summed E-state index contributed by atoms with van der Waals surface area (Å²) in [6.45, 7) is 33.3. The molecular weight excluding hydrogens is 396 g/mol. The zero-order chi connectivity index (χ0) is 23.2. The summed E-state index contributed by atoms with van der Waals surface area (Å²) < 4.78 is 6.54. The molecule has 166 valence electrons. The van der Waals surface area contributed by atoms with Crippen LogP contribution in [0.25, 0.3) is 0 Å². The SMILES string of the molecule is C=CCOc1c([Si](C)(C)C2=C(C)C(C)=C(C)C2C)cc(C)cc1[Si](C)(C)C(C)(C)C. The summed E-state index contributed by atoms with van der Waals surface area (Å²) in [5, 5.41) is 4.86. The Morgan fingerprint density at radius 3 is 1.93 bits per heavy atom. The van der Waals surface area contributed by atoms with Crippen molar-refractivity contribution in [1.82, 2.24) is 0 Å². The molecule has 0 N–H and O–H groups in total. The molecular formula is C27H44OSi2. The summed E-state index contributed by atoms with van der Waals surface area (Å²) in [6.07, 6.45) is 1.88. The van der Waals surface area contributed by atoms with E-state index in [0.717, 1.165) is 0 Å². The summed E-state index contributed by atoms with van der Waals surface area (Å²) in [6, 6.07) is 4.84. The second-order valence-electron chi connectivity index (χ2n) is 11.4. The standard InChI is InChI=1S/C27H44OSi2/c1-14-15-28-25-23(16-18(2)17-24(25)30(12,13)27(7,8)9)29(10,11)26-21(5)19(3)20(4)22(26)6/h14,16-17,21H,1,15H2,2-13H3. The van der Waals surface area contributed by atoms with E-state index in [2.05, 4.69) is 100 Å². The first-order valence-electron chi connectivity index (χ1n) is 11.4. The van der Waals surface area contributed by atoms with Crippen molar-refractivity contribution in [2.45, 2.75) is 86.6 Å². The summed E-state index contributed by atoms with van der Waals surface area (Å²) in [5.41, 5.74) is 5.90. The van der Waals surface area contributed by atoms with E-state index < -0.39 is 16.1 Å². The fourth-order valence-corrected chi connectivity index (χ4v) is 11.3. The quantitative estimate of drug-likeness (QED) is 0.341. The van der Waals surface area contributed by atoms with Gasteiger partial charge in [0.15, 0.2) is 0 Å². The lowest BCUT2D eigenvalue weighted by molar-refractivity contribution is 0.368. The van der Waals surface area contributed by atoms with Crippen LogP contribution in [0.4, 0.5) is 0 Å². The van der Waals surface area contributed by atoms with Crippen molar-refractivity contribution in [1.29, 1.82) is 0 Å². The maximum atomic E-state index is 6.54. The minimum absolute atomic E-state index is 0.251. The number of rotatable bonds is 6. The van der Waals surface area contributed by atoms with Gasteiger partial charge in [0.05, 0.1) is 8.07 Å². The van der Waals surface area contributed by atoms with Crippen molar-refractivity contribution in [3.05, 3.63) is 52.3 Å². The third kappa shape index (κ3) is 4.08. The summed E-state index contributed by atoms with van der Waals surface area (Å²) in [7, 11) is -3.73. The highest BCUT2D eigenvalue weighted by Crippen LogP contribution is 2.43. The lowest BCUT2D eigenvalue weighted by Crippen LogP contribution is -2.55. The number of benzene rings is 1. The van der Waals surface area contributed by atoms with Crippen molar-refractivity contribution >= 4 is 26.5 Å². The van der Waals surface area contributed by atoms with E-state index in [-0.39, 0.29) is 5.04 Å². The van der Waals surface area contributed by atoms with Crippen LogP contribution in [-0.4, -0.2) is 22.8 Å². The molecule has 0 fully saturated rings. The van der Waals surface area contributed by atoms with E-state index in [9.17, 15) is 0 Å². The van der Waals surface area contributed by atoms with Crippen LogP contribution in [0.2, 0.25) is 31.2 Å². The van der Waals surface area contributed by atoms with E-state index in [1.807, 2.05) is 6.08 Å². The van der Waals surface area contributed by atoms with Crippen molar-refractivity contribution in [3.8, 4) is 5.75 Å².